The quantitative estimate of drug-likeness (QED) is 0.145. The number of sulfone groups is 1. The van der Waals surface area contributed by atoms with Gasteiger partial charge in [0, 0.05) is 33.0 Å². The first-order valence-corrected chi connectivity index (χ1v) is 12.9. The number of hydrogen-bond donors (Lipinski definition) is 2. The number of unbranched alkanes of at least 4 members (excludes halogenated alkanes) is 1. The number of guanidine groups is 1. The molecule has 178 valence electrons. The van der Waals surface area contributed by atoms with Gasteiger partial charge in [-0.1, -0.05) is 31.7 Å². The fourth-order valence-corrected chi connectivity index (χ4v) is 4.52. The molecule has 2 rings (SSSR count). The van der Waals surface area contributed by atoms with Crippen molar-refractivity contribution in [1.29, 1.82) is 0 Å². The van der Waals surface area contributed by atoms with Gasteiger partial charge in [0.2, 0.25) is 0 Å². The number of halogens is 2. The normalized spacial score (nSPS) is 15.8. The molecule has 0 aliphatic heterocycles. The van der Waals surface area contributed by atoms with Crippen LogP contribution in [0.3, 0.4) is 0 Å². The van der Waals surface area contributed by atoms with Gasteiger partial charge in [-0.05, 0) is 48.9 Å². The molecule has 0 aromatic heterocycles. The summed E-state index contributed by atoms with van der Waals surface area (Å²) < 4.78 is 42.9. The highest BCUT2D eigenvalue weighted by atomic mass is 127. The molecule has 1 fully saturated rings. The molecule has 6 nitrogen and oxygen atoms in total. The van der Waals surface area contributed by atoms with Gasteiger partial charge in [-0.2, -0.15) is 0 Å². The molecular weight excluding hydrogens is 532 g/mol. The summed E-state index contributed by atoms with van der Waals surface area (Å²) in [5, 5.41) is 6.38. The van der Waals surface area contributed by atoms with Crippen molar-refractivity contribution in [3.05, 3.63) is 35.1 Å². The van der Waals surface area contributed by atoms with Crippen LogP contribution in [0.25, 0.3) is 0 Å². The third-order valence-corrected chi connectivity index (χ3v) is 6.11. The van der Waals surface area contributed by atoms with Crippen LogP contribution in [0, 0.1) is 5.82 Å². The van der Waals surface area contributed by atoms with Crippen LogP contribution in [-0.2, 0) is 26.9 Å². The highest BCUT2D eigenvalue weighted by Crippen LogP contribution is 2.20. The Bertz CT molecular complexity index is 782. The zero-order valence-electron chi connectivity index (χ0n) is 18.7. The van der Waals surface area contributed by atoms with Crippen LogP contribution in [0.2, 0.25) is 0 Å². The maximum Gasteiger partial charge on any atom is 0.191 e. The number of aliphatic imine (C=N–C) groups is 1. The lowest BCUT2D eigenvalue weighted by molar-refractivity contribution is 0.0411. The number of rotatable bonds is 10. The van der Waals surface area contributed by atoms with Gasteiger partial charge in [-0.25, -0.2) is 12.8 Å². The van der Waals surface area contributed by atoms with E-state index in [-0.39, 0.29) is 35.5 Å². The summed E-state index contributed by atoms with van der Waals surface area (Å²) in [7, 11) is -1.52. The van der Waals surface area contributed by atoms with E-state index in [0.29, 0.717) is 29.7 Å². The maximum absolute atomic E-state index is 13.6. The monoisotopic (exact) mass is 569 g/mol. The lowest BCUT2D eigenvalue weighted by atomic mass is 10.1. The zero-order valence-corrected chi connectivity index (χ0v) is 21.8. The predicted octanol–water partition coefficient (Wildman–Crippen LogP) is 4.17. The number of ether oxygens (including phenoxy) is 1. The van der Waals surface area contributed by atoms with E-state index in [1.54, 1.807) is 7.05 Å². The Morgan fingerprint density at radius 2 is 1.84 bits per heavy atom. The Balaban J connectivity index is 0.00000480. The lowest BCUT2D eigenvalue weighted by Crippen LogP contribution is -2.37. The standard InChI is InChI=1S/C22H36FN3O3S.HI/c1-24-22(25-13-7-8-14-29-21-9-5-3-4-6-10-21)26-16-19-15-20(23)12-11-18(19)17-30(2,27)28;/h11-12,15,21H,3-10,13-14,16-17H2,1-2H3,(H2,24,25,26);1H. The van der Waals surface area contributed by atoms with Crippen molar-refractivity contribution < 1.29 is 17.5 Å². The third kappa shape index (κ3) is 12.0. The first kappa shape index (κ1) is 28.1. The topological polar surface area (TPSA) is 79.8 Å². The predicted molar refractivity (Wildman–Crippen MR) is 135 cm³/mol. The van der Waals surface area contributed by atoms with E-state index in [4.69, 9.17) is 4.74 Å². The number of nitrogens with zero attached hydrogens (tertiary/aromatic N) is 1. The number of nitrogens with one attached hydrogen (secondary N) is 2. The van der Waals surface area contributed by atoms with Crippen molar-refractivity contribution in [2.45, 2.75) is 69.8 Å². The number of benzene rings is 1. The summed E-state index contributed by atoms with van der Waals surface area (Å²) in [4.78, 5) is 4.18. The fourth-order valence-electron chi connectivity index (χ4n) is 3.67. The molecule has 31 heavy (non-hydrogen) atoms. The fraction of sp³-hybridized carbons (Fsp3) is 0.682. The minimum absolute atomic E-state index is 0. The van der Waals surface area contributed by atoms with E-state index in [1.807, 2.05) is 0 Å². The van der Waals surface area contributed by atoms with Crippen molar-refractivity contribution in [3.8, 4) is 0 Å². The zero-order chi connectivity index (χ0) is 21.8. The molecule has 1 aromatic rings. The Morgan fingerprint density at radius 1 is 1.13 bits per heavy atom. The van der Waals surface area contributed by atoms with Gasteiger partial charge in [-0.15, -0.1) is 24.0 Å². The average Bonchev–Trinajstić information content (AvgIpc) is 2.96. The van der Waals surface area contributed by atoms with E-state index < -0.39 is 9.84 Å². The van der Waals surface area contributed by atoms with Crippen molar-refractivity contribution in [2.75, 3.05) is 26.5 Å². The molecule has 0 radical (unpaired) electrons. The van der Waals surface area contributed by atoms with Gasteiger partial charge >= 0.3 is 0 Å². The molecule has 1 aliphatic rings. The first-order valence-electron chi connectivity index (χ1n) is 10.9. The Kier molecular flexibility index (Phi) is 13.6. The molecule has 0 bridgehead atoms. The second-order valence-electron chi connectivity index (χ2n) is 8.03. The maximum atomic E-state index is 13.6. The SMILES string of the molecule is CN=C(NCCCCOC1CCCCCC1)NCc1cc(F)ccc1CS(C)(=O)=O.I. The molecule has 0 spiro atoms. The first-order chi connectivity index (χ1) is 14.4. The van der Waals surface area contributed by atoms with Crippen LogP contribution in [0.1, 0.15) is 62.5 Å². The van der Waals surface area contributed by atoms with Crippen LogP contribution in [0.15, 0.2) is 23.2 Å². The summed E-state index contributed by atoms with van der Waals surface area (Å²) in [6, 6.07) is 4.18. The van der Waals surface area contributed by atoms with Gasteiger partial charge < -0.3 is 15.4 Å². The van der Waals surface area contributed by atoms with Crippen LogP contribution < -0.4 is 10.6 Å². The lowest BCUT2D eigenvalue weighted by Gasteiger charge is -2.16. The van der Waals surface area contributed by atoms with Gasteiger partial charge in [-0.3, -0.25) is 4.99 Å². The molecule has 1 saturated carbocycles. The van der Waals surface area contributed by atoms with Crippen molar-refractivity contribution in [2.24, 2.45) is 4.99 Å². The van der Waals surface area contributed by atoms with Crippen LogP contribution >= 0.6 is 24.0 Å². The Hall–Kier alpha value is -0.940. The molecule has 0 heterocycles. The number of hydrogen-bond acceptors (Lipinski definition) is 4. The van der Waals surface area contributed by atoms with E-state index in [1.165, 1.54) is 63.0 Å². The molecule has 1 aromatic carbocycles. The molecule has 0 saturated heterocycles. The van der Waals surface area contributed by atoms with Crippen LogP contribution in [-0.4, -0.2) is 46.9 Å². The summed E-state index contributed by atoms with van der Waals surface area (Å²) in [5.74, 6) is 0.104. The van der Waals surface area contributed by atoms with Crippen molar-refractivity contribution in [3.63, 3.8) is 0 Å². The Morgan fingerprint density at radius 3 is 2.48 bits per heavy atom. The third-order valence-electron chi connectivity index (χ3n) is 5.28. The van der Waals surface area contributed by atoms with E-state index in [0.717, 1.165) is 26.0 Å². The molecule has 0 amide bonds. The van der Waals surface area contributed by atoms with Gasteiger partial charge in [0.05, 0.1) is 11.9 Å². The highest BCUT2D eigenvalue weighted by Gasteiger charge is 2.12. The van der Waals surface area contributed by atoms with Crippen molar-refractivity contribution in [1.82, 2.24) is 10.6 Å². The molecular formula is C22H37FIN3O3S. The summed E-state index contributed by atoms with van der Waals surface area (Å²) in [6.45, 7) is 1.84. The minimum Gasteiger partial charge on any atom is -0.378 e. The molecule has 0 atom stereocenters. The molecule has 2 N–H and O–H groups in total. The van der Waals surface area contributed by atoms with Crippen molar-refractivity contribution >= 4 is 39.8 Å². The van der Waals surface area contributed by atoms with E-state index >= 15 is 0 Å². The van der Waals surface area contributed by atoms with Gasteiger partial charge in [0.15, 0.2) is 15.8 Å². The molecule has 9 heteroatoms. The molecule has 1 aliphatic carbocycles. The van der Waals surface area contributed by atoms with E-state index in [2.05, 4.69) is 15.6 Å². The van der Waals surface area contributed by atoms with E-state index in [9.17, 15) is 12.8 Å². The Labute approximate surface area is 203 Å². The van der Waals surface area contributed by atoms with Gasteiger partial charge in [0.25, 0.3) is 0 Å². The second kappa shape index (κ2) is 15.0. The largest absolute Gasteiger partial charge is 0.378 e. The average molecular weight is 570 g/mol. The minimum atomic E-state index is -3.20. The molecule has 0 unspecified atom stereocenters. The summed E-state index contributed by atoms with van der Waals surface area (Å²) in [6.07, 6.45) is 11.2. The highest BCUT2D eigenvalue weighted by molar-refractivity contribution is 14.0. The second-order valence-corrected chi connectivity index (χ2v) is 10.2. The smallest absolute Gasteiger partial charge is 0.191 e. The summed E-state index contributed by atoms with van der Waals surface area (Å²) in [5.41, 5.74) is 1.21. The van der Waals surface area contributed by atoms with Gasteiger partial charge in [0.1, 0.15) is 5.82 Å². The van der Waals surface area contributed by atoms with Crippen LogP contribution in [0.5, 0.6) is 0 Å². The van der Waals surface area contributed by atoms with Crippen LogP contribution in [0.4, 0.5) is 4.39 Å². The summed E-state index contributed by atoms with van der Waals surface area (Å²) >= 11 is 0.